The highest BCUT2D eigenvalue weighted by molar-refractivity contribution is 9.10. The molecule has 0 saturated heterocycles. The Kier molecular flexibility index (Phi) is 3.76. The quantitative estimate of drug-likeness (QED) is 0.927. The fourth-order valence-corrected chi connectivity index (χ4v) is 2.93. The first kappa shape index (κ1) is 13.1. The van der Waals surface area contributed by atoms with Gasteiger partial charge in [0.25, 0.3) is 0 Å². The van der Waals surface area contributed by atoms with E-state index in [0.717, 1.165) is 27.5 Å². The molecule has 0 amide bonds. The van der Waals surface area contributed by atoms with E-state index in [4.69, 9.17) is 5.11 Å². The van der Waals surface area contributed by atoms with Crippen molar-refractivity contribution in [3.05, 3.63) is 34.4 Å². The minimum atomic E-state index is -0.757. The first-order valence-electron chi connectivity index (χ1n) is 6.03. The normalized spacial score (nSPS) is 12.8. The van der Waals surface area contributed by atoms with Gasteiger partial charge in [0.2, 0.25) is 0 Å². The summed E-state index contributed by atoms with van der Waals surface area (Å²) in [5.41, 5.74) is 2.25. The molecule has 4 heteroatoms. The minimum absolute atomic E-state index is 0.0106. The zero-order valence-electron chi connectivity index (χ0n) is 10.5. The molecule has 0 aliphatic carbocycles. The number of benzene rings is 1. The molecule has 96 valence electrons. The van der Waals surface area contributed by atoms with E-state index in [1.165, 1.54) is 0 Å². The Balaban J connectivity index is 2.60. The molecule has 1 unspecified atom stereocenters. The van der Waals surface area contributed by atoms with Crippen LogP contribution >= 0.6 is 15.9 Å². The average Bonchev–Trinajstić information content (AvgIpc) is 2.68. The Morgan fingerprint density at radius 2 is 2.22 bits per heavy atom. The Morgan fingerprint density at radius 1 is 1.50 bits per heavy atom. The molecule has 0 bridgehead atoms. The second kappa shape index (κ2) is 5.14. The first-order valence-corrected chi connectivity index (χ1v) is 6.83. The van der Waals surface area contributed by atoms with Gasteiger partial charge < -0.3 is 9.67 Å². The molecule has 1 N–H and O–H groups in total. The third-order valence-corrected chi connectivity index (χ3v) is 3.90. The zero-order chi connectivity index (χ0) is 13.3. The number of hydrogen-bond donors (Lipinski definition) is 1. The topological polar surface area (TPSA) is 42.2 Å². The first-order chi connectivity index (χ1) is 8.54. The summed E-state index contributed by atoms with van der Waals surface area (Å²) in [6, 6.07) is 6.07. The highest BCUT2D eigenvalue weighted by atomic mass is 79.9. The molecule has 0 saturated carbocycles. The van der Waals surface area contributed by atoms with Crippen LogP contribution in [0.1, 0.15) is 31.7 Å². The van der Waals surface area contributed by atoms with Crippen LogP contribution in [0.5, 0.6) is 0 Å². The van der Waals surface area contributed by atoms with Gasteiger partial charge in [-0.15, -0.1) is 0 Å². The van der Waals surface area contributed by atoms with E-state index >= 15 is 0 Å². The molecule has 18 heavy (non-hydrogen) atoms. The molecule has 1 atom stereocenters. The van der Waals surface area contributed by atoms with Crippen molar-refractivity contribution in [1.29, 1.82) is 0 Å². The van der Waals surface area contributed by atoms with E-state index in [1.54, 1.807) is 0 Å². The third-order valence-electron chi connectivity index (χ3n) is 3.24. The number of aromatic nitrogens is 1. The van der Waals surface area contributed by atoms with Crippen LogP contribution in [0.25, 0.3) is 10.9 Å². The van der Waals surface area contributed by atoms with Crippen molar-refractivity contribution in [1.82, 2.24) is 4.57 Å². The maximum Gasteiger partial charge on any atom is 0.303 e. The van der Waals surface area contributed by atoms with Crippen molar-refractivity contribution in [3.63, 3.8) is 0 Å². The number of aryl methyl sites for hydroxylation is 1. The van der Waals surface area contributed by atoms with Crippen molar-refractivity contribution >= 4 is 32.8 Å². The van der Waals surface area contributed by atoms with E-state index in [-0.39, 0.29) is 12.3 Å². The fourth-order valence-electron chi connectivity index (χ4n) is 2.35. The molecule has 3 nitrogen and oxygen atoms in total. The van der Waals surface area contributed by atoms with Crippen molar-refractivity contribution < 1.29 is 9.90 Å². The number of aliphatic carboxylic acids is 1. The van der Waals surface area contributed by atoms with Crippen molar-refractivity contribution in [3.8, 4) is 0 Å². The molecule has 2 aromatic rings. The average molecular weight is 310 g/mol. The minimum Gasteiger partial charge on any atom is -0.481 e. The molecule has 0 fully saturated rings. The van der Waals surface area contributed by atoms with E-state index in [9.17, 15) is 4.79 Å². The van der Waals surface area contributed by atoms with Crippen molar-refractivity contribution in [2.45, 2.75) is 32.7 Å². The van der Waals surface area contributed by atoms with Gasteiger partial charge >= 0.3 is 5.97 Å². The molecule has 1 heterocycles. The van der Waals surface area contributed by atoms with Crippen LogP contribution in [0.2, 0.25) is 0 Å². The van der Waals surface area contributed by atoms with Gasteiger partial charge in [-0.25, -0.2) is 0 Å². The predicted molar refractivity (Wildman–Crippen MR) is 76.0 cm³/mol. The molecular weight excluding hydrogens is 294 g/mol. The lowest BCUT2D eigenvalue weighted by Crippen LogP contribution is -2.02. The van der Waals surface area contributed by atoms with Gasteiger partial charge in [0.15, 0.2) is 0 Å². The van der Waals surface area contributed by atoms with Gasteiger partial charge in [0.05, 0.1) is 6.42 Å². The predicted octanol–water partition coefficient (Wildman–Crippen LogP) is 4.00. The second-order valence-electron chi connectivity index (χ2n) is 4.50. The van der Waals surface area contributed by atoms with Crippen LogP contribution in [0.15, 0.2) is 28.9 Å². The molecule has 0 spiro atoms. The molecular formula is C14H16BrNO2. The monoisotopic (exact) mass is 309 g/mol. The Labute approximate surface area is 115 Å². The van der Waals surface area contributed by atoms with Crippen molar-refractivity contribution in [2.24, 2.45) is 0 Å². The molecule has 0 aliphatic rings. The standard InChI is InChI=1S/C14H16BrNO2/c1-3-16-8-10(9(2)7-13(17)18)14-11(15)5-4-6-12(14)16/h4-6,8-9H,3,7H2,1-2H3,(H,17,18). The number of nitrogens with zero attached hydrogens (tertiary/aromatic N) is 1. The van der Waals surface area contributed by atoms with Crippen LogP contribution in [0, 0.1) is 0 Å². The number of hydrogen-bond acceptors (Lipinski definition) is 1. The molecule has 0 radical (unpaired) electrons. The highest BCUT2D eigenvalue weighted by Gasteiger charge is 2.17. The van der Waals surface area contributed by atoms with E-state index < -0.39 is 5.97 Å². The summed E-state index contributed by atoms with van der Waals surface area (Å²) >= 11 is 3.56. The Bertz CT molecular complexity index is 589. The van der Waals surface area contributed by atoms with Gasteiger partial charge in [-0.1, -0.05) is 28.9 Å². The summed E-state index contributed by atoms with van der Waals surface area (Å²) in [6.07, 6.45) is 2.23. The van der Waals surface area contributed by atoms with Crippen LogP contribution in [0.4, 0.5) is 0 Å². The Hall–Kier alpha value is -1.29. The fraction of sp³-hybridized carbons (Fsp3) is 0.357. The second-order valence-corrected chi connectivity index (χ2v) is 5.36. The maximum absolute atomic E-state index is 10.9. The highest BCUT2D eigenvalue weighted by Crippen LogP contribution is 2.34. The number of carboxylic acids is 1. The van der Waals surface area contributed by atoms with Crippen molar-refractivity contribution in [2.75, 3.05) is 0 Å². The summed E-state index contributed by atoms with van der Waals surface area (Å²) < 4.78 is 3.19. The van der Waals surface area contributed by atoms with Gasteiger partial charge in [-0.2, -0.15) is 0 Å². The number of carbonyl (C=O) groups is 1. The molecule has 2 rings (SSSR count). The van der Waals surface area contributed by atoms with E-state index in [0.29, 0.717) is 0 Å². The third kappa shape index (κ3) is 2.29. The maximum atomic E-state index is 10.9. The van der Waals surface area contributed by atoms with Gasteiger partial charge in [0.1, 0.15) is 0 Å². The van der Waals surface area contributed by atoms with Gasteiger partial charge in [0, 0.05) is 28.1 Å². The summed E-state index contributed by atoms with van der Waals surface area (Å²) in [5, 5.41) is 10.1. The largest absolute Gasteiger partial charge is 0.481 e. The number of carboxylic acid groups (broad SMARTS) is 1. The SMILES string of the molecule is CCn1cc(C(C)CC(=O)O)c2c(Br)cccc21. The van der Waals surface area contributed by atoms with E-state index in [1.807, 2.05) is 19.1 Å². The zero-order valence-corrected chi connectivity index (χ0v) is 12.1. The van der Waals surface area contributed by atoms with Crippen LogP contribution in [0.3, 0.4) is 0 Å². The molecule has 0 aliphatic heterocycles. The Morgan fingerprint density at radius 3 is 2.83 bits per heavy atom. The lowest BCUT2D eigenvalue weighted by molar-refractivity contribution is -0.137. The lowest BCUT2D eigenvalue weighted by atomic mass is 9.97. The van der Waals surface area contributed by atoms with Crippen LogP contribution in [-0.2, 0) is 11.3 Å². The molecule has 1 aromatic heterocycles. The number of fused-ring (bicyclic) bond motifs is 1. The summed E-state index contributed by atoms with van der Waals surface area (Å²) in [4.78, 5) is 10.9. The number of halogens is 1. The number of rotatable bonds is 4. The van der Waals surface area contributed by atoms with Gasteiger partial charge in [-0.3, -0.25) is 4.79 Å². The van der Waals surface area contributed by atoms with E-state index in [2.05, 4.69) is 39.7 Å². The lowest BCUT2D eigenvalue weighted by Gasteiger charge is -2.07. The summed E-state index contributed by atoms with van der Waals surface area (Å²) in [7, 11) is 0. The molecule has 1 aromatic carbocycles. The summed E-state index contributed by atoms with van der Waals surface area (Å²) in [5.74, 6) is -0.747. The van der Waals surface area contributed by atoms with Gasteiger partial charge in [-0.05, 0) is 30.5 Å². The van der Waals surface area contributed by atoms with Crippen LogP contribution in [-0.4, -0.2) is 15.6 Å². The summed E-state index contributed by atoms with van der Waals surface area (Å²) in [6.45, 7) is 4.93. The van der Waals surface area contributed by atoms with Crippen LogP contribution < -0.4 is 0 Å². The smallest absolute Gasteiger partial charge is 0.303 e.